The summed E-state index contributed by atoms with van der Waals surface area (Å²) in [5.41, 5.74) is 0. The molecule has 0 bridgehead atoms. The van der Waals surface area contributed by atoms with E-state index in [1.54, 1.807) is 0 Å². The first-order valence-electron chi connectivity index (χ1n) is 18.2. The van der Waals surface area contributed by atoms with Crippen LogP contribution in [0.3, 0.4) is 0 Å². The van der Waals surface area contributed by atoms with Gasteiger partial charge in [0.25, 0.3) is 0 Å². The monoisotopic (exact) mass is 692 g/mol. The molecule has 0 aliphatic carbocycles. The summed E-state index contributed by atoms with van der Waals surface area (Å²) >= 11 is 0. The van der Waals surface area contributed by atoms with Crippen molar-refractivity contribution in [3.05, 3.63) is 72.9 Å². The van der Waals surface area contributed by atoms with Gasteiger partial charge in [0, 0.05) is 12.8 Å². The Morgan fingerprint density at radius 2 is 0.917 bits per heavy atom. The van der Waals surface area contributed by atoms with Crippen LogP contribution in [0.5, 0.6) is 0 Å². The van der Waals surface area contributed by atoms with E-state index >= 15 is 0 Å². The van der Waals surface area contributed by atoms with E-state index in [0.717, 1.165) is 64.2 Å². The van der Waals surface area contributed by atoms with Crippen LogP contribution in [0.25, 0.3) is 0 Å². The van der Waals surface area contributed by atoms with Gasteiger partial charge in [0.15, 0.2) is 6.10 Å². The Morgan fingerprint density at radius 1 is 0.542 bits per heavy atom. The maximum atomic E-state index is 12.3. The molecule has 2 N–H and O–H groups in total. The van der Waals surface area contributed by atoms with Gasteiger partial charge in [0.05, 0.1) is 6.61 Å². The van der Waals surface area contributed by atoms with Gasteiger partial charge in [0.1, 0.15) is 6.61 Å². The largest absolute Gasteiger partial charge is 0.469 e. The van der Waals surface area contributed by atoms with E-state index in [4.69, 9.17) is 19.3 Å². The molecule has 0 aromatic heterocycles. The summed E-state index contributed by atoms with van der Waals surface area (Å²) in [7, 11) is -4.77. The maximum Gasteiger partial charge on any atom is 0.469 e. The molecule has 0 saturated carbocycles. The normalized spacial score (nSPS) is 13.3. The van der Waals surface area contributed by atoms with Gasteiger partial charge < -0.3 is 19.3 Å². The third-order valence-electron chi connectivity index (χ3n) is 7.20. The second-order valence-electron chi connectivity index (χ2n) is 11.8. The van der Waals surface area contributed by atoms with Crippen LogP contribution in [0.15, 0.2) is 72.9 Å². The highest BCUT2D eigenvalue weighted by molar-refractivity contribution is 7.46. The molecule has 0 spiro atoms. The number of carbonyl (C=O) groups is 2. The molecule has 0 radical (unpaired) electrons. The number of allylic oxidation sites excluding steroid dienone is 12. The molecule has 0 aliphatic rings. The van der Waals surface area contributed by atoms with Gasteiger partial charge in [-0.1, -0.05) is 112 Å². The van der Waals surface area contributed by atoms with Gasteiger partial charge >= 0.3 is 19.8 Å². The van der Waals surface area contributed by atoms with E-state index in [1.165, 1.54) is 38.5 Å². The third-order valence-corrected chi connectivity index (χ3v) is 7.68. The van der Waals surface area contributed by atoms with Crippen molar-refractivity contribution in [3.8, 4) is 0 Å². The van der Waals surface area contributed by atoms with Crippen molar-refractivity contribution in [2.24, 2.45) is 0 Å². The number of phosphoric acid groups is 1. The summed E-state index contributed by atoms with van der Waals surface area (Å²) in [4.78, 5) is 42.6. The lowest BCUT2D eigenvalue weighted by atomic mass is 10.1. The standard InChI is InChI=1S/C39H65O8P/c1-3-5-7-9-11-13-15-17-19-21-23-25-27-29-31-33-38(40)45-35-37(36-46-48(42,43)44)47-39(41)34-32-30-28-26-24-22-20-18-16-14-12-10-8-6-4-2/h11-14,17-20,23-26,37H,3-10,15-16,21-22,27-36H2,1-2H3,(H2,42,43,44)/b13-11+,14-12+,19-17+,20-18+,25-23+,26-24+/t37-/m1/s1. The molecule has 0 fully saturated rings. The molecule has 1 atom stereocenters. The molecular formula is C39H65O8P. The number of rotatable bonds is 32. The molecule has 0 aromatic rings. The van der Waals surface area contributed by atoms with E-state index < -0.39 is 32.5 Å². The van der Waals surface area contributed by atoms with E-state index in [0.29, 0.717) is 12.8 Å². The molecule has 0 aliphatic heterocycles. The van der Waals surface area contributed by atoms with Crippen molar-refractivity contribution < 1.29 is 37.9 Å². The second kappa shape index (κ2) is 34.4. The molecule has 0 amide bonds. The average molecular weight is 693 g/mol. The second-order valence-corrected chi connectivity index (χ2v) is 13.1. The fourth-order valence-electron chi connectivity index (χ4n) is 4.44. The minimum Gasteiger partial charge on any atom is -0.462 e. The molecule has 0 heterocycles. The van der Waals surface area contributed by atoms with Gasteiger partial charge in [-0.2, -0.15) is 0 Å². The first-order chi connectivity index (χ1) is 23.3. The van der Waals surface area contributed by atoms with Crippen LogP contribution in [0.1, 0.15) is 142 Å². The molecule has 0 aromatic carbocycles. The highest BCUT2D eigenvalue weighted by Crippen LogP contribution is 2.35. The zero-order chi connectivity index (χ0) is 35.4. The fraction of sp³-hybridized carbons (Fsp3) is 0.641. The number of hydrogen-bond donors (Lipinski definition) is 2. The topological polar surface area (TPSA) is 119 Å². The van der Waals surface area contributed by atoms with Crippen molar-refractivity contribution in [1.82, 2.24) is 0 Å². The lowest BCUT2D eigenvalue weighted by Crippen LogP contribution is -2.29. The van der Waals surface area contributed by atoms with Crippen LogP contribution in [-0.4, -0.2) is 41.0 Å². The Hall–Kier alpha value is -2.51. The highest BCUT2D eigenvalue weighted by atomic mass is 31.2. The lowest BCUT2D eigenvalue weighted by molar-refractivity contribution is -0.161. The minimum atomic E-state index is -4.77. The molecule has 0 saturated heterocycles. The minimum absolute atomic E-state index is 0.151. The van der Waals surface area contributed by atoms with Crippen LogP contribution < -0.4 is 0 Å². The van der Waals surface area contributed by atoms with E-state index in [9.17, 15) is 14.2 Å². The fourth-order valence-corrected chi connectivity index (χ4v) is 4.80. The Bertz CT molecular complexity index is 1010. The van der Waals surface area contributed by atoms with Crippen molar-refractivity contribution in [2.45, 2.75) is 148 Å². The Balaban J connectivity index is 4.15. The summed E-state index contributed by atoms with van der Waals surface area (Å²) < 4.78 is 26.2. The molecular weight excluding hydrogens is 627 g/mol. The zero-order valence-corrected chi connectivity index (χ0v) is 30.7. The summed E-state index contributed by atoms with van der Waals surface area (Å²) in [6.45, 7) is 3.53. The number of carbonyl (C=O) groups excluding carboxylic acids is 2. The Labute approximate surface area is 291 Å². The molecule has 274 valence electrons. The first-order valence-corrected chi connectivity index (χ1v) is 19.8. The third kappa shape index (κ3) is 36.3. The van der Waals surface area contributed by atoms with Gasteiger partial charge in [0.2, 0.25) is 0 Å². The van der Waals surface area contributed by atoms with Crippen LogP contribution >= 0.6 is 7.82 Å². The summed E-state index contributed by atoms with van der Waals surface area (Å²) in [5, 5.41) is 0. The molecule has 0 rings (SSSR count). The zero-order valence-electron chi connectivity index (χ0n) is 29.9. The smallest absolute Gasteiger partial charge is 0.462 e. The summed E-state index contributed by atoms with van der Waals surface area (Å²) in [6, 6.07) is 0. The SMILES string of the molecule is CCCCC/C=C/C/C=C/C/C=C/CCCCC(=O)OC[C@H](COP(=O)(O)O)OC(=O)CCCC/C=C/C/C=C/C/C=C/CCCCC. The van der Waals surface area contributed by atoms with Gasteiger partial charge in [-0.05, 0) is 89.9 Å². The number of ether oxygens (including phenoxy) is 2. The molecule has 9 heteroatoms. The number of unbranched alkanes of at least 4 members (excludes halogenated alkanes) is 10. The Kier molecular flexibility index (Phi) is 32.6. The Morgan fingerprint density at radius 3 is 1.31 bits per heavy atom. The predicted molar refractivity (Wildman–Crippen MR) is 197 cm³/mol. The number of phosphoric ester groups is 1. The van der Waals surface area contributed by atoms with Crippen LogP contribution in [0.4, 0.5) is 0 Å². The number of hydrogen-bond acceptors (Lipinski definition) is 6. The van der Waals surface area contributed by atoms with Crippen molar-refractivity contribution >= 4 is 19.8 Å². The maximum absolute atomic E-state index is 12.3. The van der Waals surface area contributed by atoms with E-state index in [2.05, 4.69) is 91.3 Å². The molecule has 0 unspecified atom stereocenters. The van der Waals surface area contributed by atoms with Crippen LogP contribution in [0.2, 0.25) is 0 Å². The molecule has 48 heavy (non-hydrogen) atoms. The number of esters is 2. The van der Waals surface area contributed by atoms with Crippen LogP contribution in [0, 0.1) is 0 Å². The molecule has 8 nitrogen and oxygen atoms in total. The highest BCUT2D eigenvalue weighted by Gasteiger charge is 2.22. The van der Waals surface area contributed by atoms with Crippen molar-refractivity contribution in [3.63, 3.8) is 0 Å². The summed E-state index contributed by atoms with van der Waals surface area (Å²) in [5.74, 6) is -0.983. The quantitative estimate of drug-likeness (QED) is 0.0309. The van der Waals surface area contributed by atoms with E-state index in [-0.39, 0.29) is 19.4 Å². The van der Waals surface area contributed by atoms with Crippen LogP contribution in [-0.2, 0) is 28.2 Å². The first kappa shape index (κ1) is 45.5. The van der Waals surface area contributed by atoms with Crippen molar-refractivity contribution in [2.75, 3.05) is 13.2 Å². The van der Waals surface area contributed by atoms with Gasteiger partial charge in [-0.25, -0.2) is 4.57 Å². The summed E-state index contributed by atoms with van der Waals surface area (Å²) in [6.07, 6.45) is 43.4. The predicted octanol–water partition coefficient (Wildman–Crippen LogP) is 10.7. The van der Waals surface area contributed by atoms with E-state index in [1.807, 2.05) is 0 Å². The average Bonchev–Trinajstić information content (AvgIpc) is 3.05. The lowest BCUT2D eigenvalue weighted by Gasteiger charge is -2.18. The van der Waals surface area contributed by atoms with Gasteiger partial charge in [-0.3, -0.25) is 14.1 Å². The van der Waals surface area contributed by atoms with Gasteiger partial charge in [-0.15, -0.1) is 0 Å². The van der Waals surface area contributed by atoms with Crippen molar-refractivity contribution in [1.29, 1.82) is 0 Å².